The van der Waals surface area contributed by atoms with Crippen molar-refractivity contribution in [2.45, 2.75) is 180 Å². The van der Waals surface area contributed by atoms with Crippen molar-refractivity contribution in [3.63, 3.8) is 0 Å². The standard InChI is InChI=1S/C51H85NO7/c1-6-8-10-12-14-16-18-20-22-24-26-27-29-31-33-35-37-39-41-49(53)58-46-47(45-57-44-43-48(51(55)56)52(3,4)5)59-50(54)42-40-38-36-34-32-30-28-25-23-21-19-17-15-13-11-9-7-2/h15,17-18,20-24,26-28,30,34,36,47-48H,6-14,16,19,25,29,31-33,35,37-46H2,1-5H3/p+1/b17-15+,20-18+,23-21+,24-22+,27-26+,30-28+,36-34+. The summed E-state index contributed by atoms with van der Waals surface area (Å²) in [6, 6.07) is -0.632. The molecule has 0 fully saturated rings. The first-order valence-electron chi connectivity index (χ1n) is 23.2. The van der Waals surface area contributed by atoms with Crippen molar-refractivity contribution >= 4 is 17.9 Å². The monoisotopic (exact) mass is 825 g/mol. The van der Waals surface area contributed by atoms with Gasteiger partial charge in [-0.1, -0.05) is 157 Å². The summed E-state index contributed by atoms with van der Waals surface area (Å²) in [5.41, 5.74) is 0. The number of aliphatic carboxylic acids is 1. The largest absolute Gasteiger partial charge is 0.477 e. The Balaban J connectivity index is 4.48. The molecule has 0 aromatic carbocycles. The van der Waals surface area contributed by atoms with Gasteiger partial charge < -0.3 is 23.8 Å². The fourth-order valence-electron chi connectivity index (χ4n) is 6.20. The van der Waals surface area contributed by atoms with Crippen LogP contribution in [0.5, 0.6) is 0 Å². The molecule has 0 spiro atoms. The number of carbonyl (C=O) groups is 3. The van der Waals surface area contributed by atoms with Gasteiger partial charge in [0.2, 0.25) is 0 Å². The maximum absolute atomic E-state index is 12.7. The van der Waals surface area contributed by atoms with Crippen LogP contribution in [0.2, 0.25) is 0 Å². The van der Waals surface area contributed by atoms with Crippen LogP contribution in [0.3, 0.4) is 0 Å². The molecule has 0 aliphatic heterocycles. The summed E-state index contributed by atoms with van der Waals surface area (Å²) in [5.74, 6) is -1.58. The Bertz CT molecular complexity index is 1240. The molecule has 0 bridgehead atoms. The molecule has 336 valence electrons. The second-order valence-electron chi connectivity index (χ2n) is 16.4. The zero-order chi connectivity index (χ0) is 43.5. The van der Waals surface area contributed by atoms with Crippen molar-refractivity contribution in [1.82, 2.24) is 0 Å². The van der Waals surface area contributed by atoms with Gasteiger partial charge in [-0.05, 0) is 77.0 Å². The molecule has 59 heavy (non-hydrogen) atoms. The number of rotatable bonds is 40. The van der Waals surface area contributed by atoms with Crippen LogP contribution in [0, 0.1) is 0 Å². The summed E-state index contributed by atoms with van der Waals surface area (Å²) in [4.78, 5) is 37.0. The van der Waals surface area contributed by atoms with Crippen LogP contribution in [0.25, 0.3) is 0 Å². The van der Waals surface area contributed by atoms with Crippen molar-refractivity contribution < 1.29 is 38.2 Å². The Kier molecular flexibility index (Phi) is 38.8. The highest BCUT2D eigenvalue weighted by atomic mass is 16.6. The first-order valence-corrected chi connectivity index (χ1v) is 23.2. The third kappa shape index (κ3) is 39.7. The van der Waals surface area contributed by atoms with Crippen molar-refractivity contribution in [3.8, 4) is 0 Å². The first kappa shape index (κ1) is 55.5. The summed E-state index contributed by atoms with van der Waals surface area (Å²) in [6.45, 7) is 4.60. The van der Waals surface area contributed by atoms with Gasteiger partial charge in [-0.3, -0.25) is 9.59 Å². The molecule has 0 saturated carbocycles. The zero-order valence-electron chi connectivity index (χ0n) is 38.2. The lowest BCUT2D eigenvalue weighted by Crippen LogP contribution is -2.50. The molecule has 0 saturated heterocycles. The number of likely N-dealkylation sites (N-methyl/N-ethyl adjacent to an activating group) is 1. The van der Waals surface area contributed by atoms with Gasteiger partial charge in [0.15, 0.2) is 12.1 Å². The number of esters is 2. The van der Waals surface area contributed by atoms with E-state index in [4.69, 9.17) is 14.2 Å². The number of nitrogens with zero attached hydrogens (tertiary/aromatic N) is 1. The van der Waals surface area contributed by atoms with E-state index in [1.807, 2.05) is 21.1 Å². The van der Waals surface area contributed by atoms with Crippen molar-refractivity contribution in [2.24, 2.45) is 0 Å². The molecule has 2 unspecified atom stereocenters. The molecular formula is C51H86NO7+. The summed E-state index contributed by atoms with van der Waals surface area (Å²) >= 11 is 0. The zero-order valence-corrected chi connectivity index (χ0v) is 38.2. The molecule has 0 aromatic rings. The SMILES string of the molecule is CCCCC/C=C/C/C=C/C/C=C/C/C=C/CCCC(=O)OC(COCCC(C(=O)O)[N+](C)(C)C)COC(=O)CCCCCCC/C=C/C=C/C=C/CCCCCCC. The normalized spacial score (nSPS) is 13.7. The second-order valence-corrected chi connectivity index (χ2v) is 16.4. The molecule has 0 radical (unpaired) electrons. The minimum absolute atomic E-state index is 0.0276. The molecule has 8 nitrogen and oxygen atoms in total. The Morgan fingerprint density at radius 1 is 0.525 bits per heavy atom. The molecule has 0 aliphatic rings. The quantitative estimate of drug-likeness (QED) is 0.0216. The highest BCUT2D eigenvalue weighted by molar-refractivity contribution is 5.72. The van der Waals surface area contributed by atoms with E-state index in [1.54, 1.807) is 0 Å². The van der Waals surface area contributed by atoms with E-state index in [0.29, 0.717) is 19.3 Å². The lowest BCUT2D eigenvalue weighted by atomic mass is 10.1. The third-order valence-electron chi connectivity index (χ3n) is 9.83. The fraction of sp³-hybridized carbons (Fsp3) is 0.667. The predicted octanol–water partition coefficient (Wildman–Crippen LogP) is 12.9. The molecule has 1 N–H and O–H groups in total. The number of carbonyl (C=O) groups excluding carboxylic acids is 2. The highest BCUT2D eigenvalue weighted by Crippen LogP contribution is 2.12. The highest BCUT2D eigenvalue weighted by Gasteiger charge is 2.31. The van der Waals surface area contributed by atoms with Crippen LogP contribution in [-0.2, 0) is 28.6 Å². The summed E-state index contributed by atoms with van der Waals surface area (Å²) in [7, 11) is 5.49. The molecule has 0 aromatic heterocycles. The van der Waals surface area contributed by atoms with Crippen LogP contribution in [0.1, 0.15) is 168 Å². The van der Waals surface area contributed by atoms with Gasteiger partial charge >= 0.3 is 17.9 Å². The predicted molar refractivity (Wildman–Crippen MR) is 247 cm³/mol. The summed E-state index contributed by atoms with van der Waals surface area (Å²) in [6.07, 6.45) is 53.4. The topological polar surface area (TPSA) is 99.1 Å². The maximum atomic E-state index is 12.7. The lowest BCUT2D eigenvalue weighted by molar-refractivity contribution is -0.887. The molecule has 2 atom stereocenters. The number of carboxylic acids is 1. The van der Waals surface area contributed by atoms with Crippen molar-refractivity contribution in [1.29, 1.82) is 0 Å². The van der Waals surface area contributed by atoms with Gasteiger partial charge in [0, 0.05) is 19.3 Å². The molecule has 0 heterocycles. The van der Waals surface area contributed by atoms with Gasteiger partial charge in [0.25, 0.3) is 0 Å². The lowest BCUT2D eigenvalue weighted by Gasteiger charge is -2.31. The summed E-state index contributed by atoms with van der Waals surface area (Å²) < 4.78 is 17.2. The molecule has 0 amide bonds. The average molecular weight is 825 g/mol. The van der Waals surface area contributed by atoms with Crippen LogP contribution >= 0.6 is 0 Å². The minimum atomic E-state index is -0.890. The number of hydrogen-bond donors (Lipinski definition) is 1. The number of ether oxygens (including phenoxy) is 3. The van der Waals surface area contributed by atoms with Crippen LogP contribution in [-0.4, -0.2) is 80.6 Å². The van der Waals surface area contributed by atoms with E-state index in [0.717, 1.165) is 70.6 Å². The summed E-state index contributed by atoms with van der Waals surface area (Å²) in [5, 5.41) is 9.63. The Labute approximate surface area is 361 Å². The van der Waals surface area contributed by atoms with Gasteiger partial charge in [-0.2, -0.15) is 0 Å². The Morgan fingerprint density at radius 3 is 1.54 bits per heavy atom. The molecular weight excluding hydrogens is 739 g/mol. The first-order chi connectivity index (χ1) is 28.6. The Morgan fingerprint density at radius 2 is 0.983 bits per heavy atom. The number of unbranched alkanes of at least 4 members (excludes halogenated alkanes) is 14. The Hall–Kier alpha value is -3.49. The van der Waals surface area contributed by atoms with Crippen molar-refractivity contribution in [3.05, 3.63) is 85.1 Å². The van der Waals surface area contributed by atoms with Crippen LogP contribution in [0.15, 0.2) is 85.1 Å². The van der Waals surface area contributed by atoms with Crippen LogP contribution in [0.4, 0.5) is 0 Å². The van der Waals surface area contributed by atoms with E-state index < -0.39 is 18.1 Å². The van der Waals surface area contributed by atoms with Crippen molar-refractivity contribution in [2.75, 3.05) is 41.0 Å². The van der Waals surface area contributed by atoms with E-state index in [-0.39, 0.29) is 42.7 Å². The van der Waals surface area contributed by atoms with E-state index in [9.17, 15) is 19.5 Å². The number of allylic oxidation sites excluding steroid dienone is 14. The average Bonchev–Trinajstić information content (AvgIpc) is 3.19. The van der Waals surface area contributed by atoms with Gasteiger partial charge in [0.1, 0.15) is 6.61 Å². The van der Waals surface area contributed by atoms with Gasteiger partial charge in [-0.15, -0.1) is 0 Å². The van der Waals surface area contributed by atoms with Gasteiger partial charge in [0.05, 0.1) is 34.4 Å². The molecule has 8 heteroatoms. The second kappa shape index (κ2) is 41.3. The maximum Gasteiger partial charge on any atom is 0.362 e. The minimum Gasteiger partial charge on any atom is -0.477 e. The number of carboxylic acid groups (broad SMARTS) is 1. The molecule has 0 rings (SSSR count). The number of hydrogen-bond acceptors (Lipinski definition) is 6. The fourth-order valence-corrected chi connectivity index (χ4v) is 6.20. The molecule has 0 aliphatic carbocycles. The van der Waals surface area contributed by atoms with E-state index >= 15 is 0 Å². The third-order valence-corrected chi connectivity index (χ3v) is 9.83. The number of quaternary nitrogens is 1. The van der Waals surface area contributed by atoms with E-state index in [2.05, 4.69) is 98.9 Å². The smallest absolute Gasteiger partial charge is 0.362 e. The van der Waals surface area contributed by atoms with Gasteiger partial charge in [-0.25, -0.2) is 4.79 Å². The van der Waals surface area contributed by atoms with Crippen LogP contribution < -0.4 is 0 Å². The van der Waals surface area contributed by atoms with E-state index in [1.165, 1.54) is 57.8 Å².